The molecule has 1 spiro atoms. The molecule has 2 heteroatoms. The van der Waals surface area contributed by atoms with Gasteiger partial charge in [-0.1, -0.05) is 139 Å². The van der Waals surface area contributed by atoms with Crippen molar-refractivity contribution < 1.29 is 44.5 Å². The highest BCUT2D eigenvalue weighted by Gasteiger charge is 2.51. The summed E-state index contributed by atoms with van der Waals surface area (Å²) in [7, 11) is 0. The van der Waals surface area contributed by atoms with E-state index in [1.54, 1.807) is 0 Å². The summed E-state index contributed by atoms with van der Waals surface area (Å²) >= 11 is 0. The number of hydrogen-bond donors (Lipinski definition) is 0. The number of nitrogens with zero attached hydrogens (tertiary/aromatic N) is 1. The van der Waals surface area contributed by atoms with Gasteiger partial charge in [0.1, 0.15) is 11.5 Å². The number of rotatable bonds is 2. The second-order valence-electron chi connectivity index (χ2n) is 11.0. The molecule has 8 aromatic carbocycles. The van der Waals surface area contributed by atoms with E-state index in [2.05, 4.69) is 0 Å². The van der Waals surface area contributed by atoms with Crippen LogP contribution >= 0.6 is 0 Å². The molecule has 0 bridgehead atoms. The molecule has 228 valence electrons. The summed E-state index contributed by atoms with van der Waals surface area (Å²) in [6.07, 6.45) is 0. The average Bonchev–Trinajstić information content (AvgIpc) is 2.76. The fourth-order valence-electron chi connectivity index (χ4n) is 6.90. The van der Waals surface area contributed by atoms with Crippen molar-refractivity contribution in [3.05, 3.63) is 197 Å². The van der Waals surface area contributed by atoms with Crippen molar-refractivity contribution in [1.29, 1.82) is 0 Å². The Morgan fingerprint density at radius 3 is 1.94 bits per heavy atom. The van der Waals surface area contributed by atoms with Crippen molar-refractivity contribution in [2.45, 2.75) is 5.41 Å². The summed E-state index contributed by atoms with van der Waals surface area (Å²) in [6.45, 7) is 0. The van der Waals surface area contributed by atoms with Crippen molar-refractivity contribution in [3.63, 3.8) is 0 Å². The van der Waals surface area contributed by atoms with Crippen molar-refractivity contribution in [3.8, 4) is 39.4 Å². The van der Waals surface area contributed by atoms with Gasteiger partial charge in [-0.05, 0) is 75.0 Å². The third kappa shape index (κ3) is 3.45. The summed E-state index contributed by atoms with van der Waals surface area (Å²) in [5, 5.41) is -2.65. The molecule has 1 aliphatic carbocycles. The fourth-order valence-corrected chi connectivity index (χ4v) is 6.90. The Hall–Kier alpha value is -6.38. The van der Waals surface area contributed by atoms with Gasteiger partial charge in [0.25, 0.3) is 0 Å². The van der Waals surface area contributed by atoms with Crippen molar-refractivity contribution >= 4 is 32.6 Å². The summed E-state index contributed by atoms with van der Waals surface area (Å²) in [6, 6.07) is -28.7. The molecule has 1 aromatic heterocycles. The molecule has 0 amide bonds. The zero-order valence-corrected chi connectivity index (χ0v) is 24.4. The van der Waals surface area contributed by atoms with Gasteiger partial charge >= 0.3 is 0 Å². The van der Waals surface area contributed by atoms with E-state index in [9.17, 15) is 19.2 Å². The van der Waals surface area contributed by atoms with Gasteiger partial charge in [-0.2, -0.15) is 0 Å². The van der Waals surface area contributed by atoms with Crippen molar-refractivity contribution in [1.82, 2.24) is 4.57 Å². The lowest BCUT2D eigenvalue weighted by Crippen LogP contribution is -2.32. The van der Waals surface area contributed by atoms with Crippen LogP contribution in [0.15, 0.2) is 175 Å². The number of para-hydroxylation sites is 2. The van der Waals surface area contributed by atoms with E-state index in [-0.39, 0.29) is 0 Å². The third-order valence-corrected chi connectivity index (χ3v) is 8.75. The Kier molecular flexibility index (Phi) is 2.22. The molecule has 0 radical (unpaired) electrons. The quantitative estimate of drug-likeness (QED) is 0.181. The maximum absolute atomic E-state index is 10.5. The number of benzene rings is 8. The van der Waals surface area contributed by atoms with Gasteiger partial charge in [0.05, 0.1) is 56.2 Å². The normalized spacial score (nSPS) is 21.9. The topological polar surface area (TPSA) is 14.2 Å². The van der Waals surface area contributed by atoms with Crippen LogP contribution in [0.5, 0.6) is 11.5 Å². The minimum Gasteiger partial charge on any atom is -0.457 e. The zero-order chi connectivity index (χ0) is 57.3. The van der Waals surface area contributed by atoms with Crippen molar-refractivity contribution in [2.75, 3.05) is 0 Å². The van der Waals surface area contributed by atoms with Gasteiger partial charge in [0, 0.05) is 33.0 Å². The molecule has 0 saturated heterocycles. The van der Waals surface area contributed by atoms with E-state index in [1.165, 1.54) is 0 Å². The first-order chi connectivity index (χ1) is 36.4. The molecule has 2 heterocycles. The first kappa shape index (κ1) is 11.1. The third-order valence-electron chi connectivity index (χ3n) is 8.75. The molecule has 1 aliphatic heterocycles. The van der Waals surface area contributed by atoms with Gasteiger partial charge in [0.15, 0.2) is 0 Å². The Labute approximate surface area is 324 Å². The van der Waals surface area contributed by atoms with Gasteiger partial charge in [-0.25, -0.2) is 0 Å². The van der Waals surface area contributed by atoms with Crippen LogP contribution in [0.1, 0.15) is 62.0 Å². The maximum atomic E-state index is 10.5. The molecular formula is C47H29NO. The number of hydrogen-bond acceptors (Lipinski definition) is 1. The predicted octanol–water partition coefficient (Wildman–Crippen LogP) is 12.1. The molecule has 0 atom stereocenters. The maximum Gasteiger partial charge on any atom is 0.132 e. The Balaban J connectivity index is 1.48. The minimum absolute atomic E-state index is 0.632. The van der Waals surface area contributed by atoms with E-state index in [0.717, 1.165) is 4.57 Å². The van der Waals surface area contributed by atoms with E-state index in [1.807, 2.05) is 0 Å². The standard InChI is InChI=1S/C47H29NO/c1-2-14-32(15-3-1)48-42-23-12-19-33(45(42)37-27-25-30-13-4-5-16-34(30)46(37)48)31-26-28-44-41(29-31)47(40-22-10-11-24-43(40)49-44)38-20-8-6-17-35(38)36-18-7-9-21-39(36)47/h1-29H/i1D,2D,3D,4D,5D,6D,7D,8D,9D,10D,11D,12D,13D,14D,15D,16D,17D,18D,19D,20D,21D,22D,23D,24D,25D,26D,27D,28D,29D. The Bertz CT molecular complexity index is 4370. The SMILES string of the molecule is [2H]c1c([2H])c([2H])c(-n2c3c([2H])c([2H])c([2H])c(-c4c([2H])c([2H])c5c(c4[2H])C4(c6c([2H])c([2H])c([2H])c([2H])c6O5)c5c([2H])c([2H])c([2H])c([2H])c5-c5c([2H])c([2H])c([2H])c([2H])c54)c3c3c([2H])c([2H])c4c([2H])c([2H])c([2H])c([2H])c4c32)c([2H])c1[2H]. The monoisotopic (exact) mass is 652 g/mol. The van der Waals surface area contributed by atoms with Crippen LogP contribution in [0.4, 0.5) is 0 Å². The van der Waals surface area contributed by atoms with E-state index in [0.29, 0.717) is 0 Å². The molecule has 2 aliphatic rings. The zero-order valence-electron chi connectivity index (χ0n) is 53.4. The molecule has 0 fully saturated rings. The van der Waals surface area contributed by atoms with E-state index < -0.39 is 275 Å². The lowest BCUT2D eigenvalue weighted by atomic mass is 9.65. The largest absolute Gasteiger partial charge is 0.457 e. The summed E-state index contributed by atoms with van der Waals surface area (Å²) in [5.41, 5.74) is -11.5. The highest BCUT2D eigenvalue weighted by Crippen LogP contribution is 2.62. The van der Waals surface area contributed by atoms with Gasteiger partial charge in [-0.3, -0.25) is 0 Å². The molecule has 11 rings (SSSR count). The first-order valence-corrected chi connectivity index (χ1v) is 14.6. The van der Waals surface area contributed by atoms with E-state index >= 15 is 0 Å². The highest BCUT2D eigenvalue weighted by molar-refractivity contribution is 6.22. The van der Waals surface area contributed by atoms with Crippen LogP contribution < -0.4 is 4.74 Å². The smallest absolute Gasteiger partial charge is 0.132 e. The minimum atomic E-state index is -3.01. The highest BCUT2D eigenvalue weighted by atomic mass is 16.5. The summed E-state index contributed by atoms with van der Waals surface area (Å²) in [4.78, 5) is 0. The van der Waals surface area contributed by atoms with Crippen molar-refractivity contribution in [2.24, 2.45) is 0 Å². The summed E-state index contributed by atoms with van der Waals surface area (Å²) < 4.78 is 273. The van der Waals surface area contributed by atoms with Crippen LogP contribution in [-0.2, 0) is 5.41 Å². The average molecular weight is 653 g/mol. The Morgan fingerprint density at radius 1 is 0.469 bits per heavy atom. The number of fused-ring (bicyclic) bond motifs is 14. The van der Waals surface area contributed by atoms with Crippen LogP contribution in [0.3, 0.4) is 0 Å². The molecule has 0 saturated carbocycles. The van der Waals surface area contributed by atoms with Crippen LogP contribution in [0, 0.1) is 0 Å². The molecule has 49 heavy (non-hydrogen) atoms. The first-order valence-electron chi connectivity index (χ1n) is 29.1. The lowest BCUT2D eigenvalue weighted by molar-refractivity contribution is 0.436. The number of ether oxygens (including phenoxy) is 1. The molecule has 0 unspecified atom stereocenters. The van der Waals surface area contributed by atoms with Gasteiger partial charge in [-0.15, -0.1) is 0 Å². The number of aromatic nitrogens is 1. The predicted molar refractivity (Wildman–Crippen MR) is 201 cm³/mol. The molecule has 0 N–H and O–H groups in total. The molecule has 9 aromatic rings. The molecular weight excluding hydrogens is 595 g/mol. The summed E-state index contributed by atoms with van der Waals surface area (Å²) in [5.74, 6) is -1.79. The van der Waals surface area contributed by atoms with Crippen LogP contribution in [-0.4, -0.2) is 4.57 Å². The second-order valence-corrected chi connectivity index (χ2v) is 11.0. The van der Waals surface area contributed by atoms with Crippen LogP contribution in [0.25, 0.3) is 60.5 Å². The van der Waals surface area contributed by atoms with Gasteiger partial charge < -0.3 is 9.30 Å². The van der Waals surface area contributed by atoms with Crippen LogP contribution in [0.2, 0.25) is 0 Å². The van der Waals surface area contributed by atoms with E-state index in [4.69, 9.17) is 25.3 Å². The Morgan fingerprint density at radius 2 is 1.12 bits per heavy atom. The fraction of sp³-hybridized carbons (Fsp3) is 0.0213. The molecule has 2 nitrogen and oxygen atoms in total. The lowest BCUT2D eigenvalue weighted by Gasteiger charge is -2.39. The van der Waals surface area contributed by atoms with Gasteiger partial charge in [0.2, 0.25) is 0 Å². The second kappa shape index (κ2) is 9.82.